The maximum atomic E-state index is 3.55. The van der Waals surface area contributed by atoms with Crippen LogP contribution < -0.4 is 0 Å². The summed E-state index contributed by atoms with van der Waals surface area (Å²) in [6, 6.07) is 0. The maximum absolute atomic E-state index is 3.55. The van der Waals surface area contributed by atoms with Crippen molar-refractivity contribution in [2.24, 2.45) is 5.41 Å². The van der Waals surface area contributed by atoms with Crippen molar-refractivity contribution in [2.45, 2.75) is 25.7 Å². The van der Waals surface area contributed by atoms with Crippen LogP contribution in [0.2, 0.25) is 0 Å². The van der Waals surface area contributed by atoms with Gasteiger partial charge in [0.1, 0.15) is 0 Å². The number of rotatable bonds is 8. The standard InChI is InChI=1S/C9H16Br4/c10-5-1-9(2-6-11,3-7-12)4-8-13/h1-8H2. The molecule has 0 rings (SSSR count). The molecule has 0 amide bonds. The summed E-state index contributed by atoms with van der Waals surface area (Å²) in [6.45, 7) is 0. The third-order valence-electron chi connectivity index (χ3n) is 2.50. The first kappa shape index (κ1) is 14.9. The molecule has 0 saturated heterocycles. The molecule has 0 radical (unpaired) electrons. The van der Waals surface area contributed by atoms with Gasteiger partial charge in [0, 0.05) is 21.3 Å². The second-order valence-electron chi connectivity index (χ2n) is 3.26. The van der Waals surface area contributed by atoms with Crippen LogP contribution in [0.25, 0.3) is 0 Å². The predicted octanol–water partition coefficient (Wildman–Crippen LogP) is 5.11. The Morgan fingerprint density at radius 1 is 0.538 bits per heavy atom. The average Bonchev–Trinajstić information content (AvgIpc) is 2.06. The second-order valence-corrected chi connectivity index (χ2v) is 6.43. The molecule has 4 heteroatoms. The van der Waals surface area contributed by atoms with Crippen LogP contribution in [0.5, 0.6) is 0 Å². The van der Waals surface area contributed by atoms with E-state index >= 15 is 0 Å². The number of alkyl halides is 4. The molecule has 0 aromatic carbocycles. The van der Waals surface area contributed by atoms with Gasteiger partial charge in [-0.05, 0) is 31.1 Å². The SMILES string of the molecule is BrCCC(CCBr)(CCBr)CCBr. The third-order valence-corrected chi connectivity index (χ3v) is 4.09. The molecular formula is C9H16Br4. The van der Waals surface area contributed by atoms with Crippen LogP contribution >= 0.6 is 63.7 Å². The van der Waals surface area contributed by atoms with Crippen LogP contribution in [0.1, 0.15) is 25.7 Å². The Morgan fingerprint density at radius 2 is 0.769 bits per heavy atom. The largest absolute Gasteiger partial charge is 0.0928 e. The molecule has 0 saturated carbocycles. The fourth-order valence-corrected chi connectivity index (χ4v) is 4.92. The molecule has 0 aliphatic heterocycles. The third kappa shape index (κ3) is 6.16. The second kappa shape index (κ2) is 9.17. The summed E-state index contributed by atoms with van der Waals surface area (Å²) < 4.78 is 0. The first-order chi connectivity index (χ1) is 6.24. The highest BCUT2D eigenvalue weighted by Gasteiger charge is 2.26. The Balaban J connectivity index is 4.19. The molecule has 0 fully saturated rings. The van der Waals surface area contributed by atoms with Crippen LogP contribution in [0.4, 0.5) is 0 Å². The van der Waals surface area contributed by atoms with Crippen LogP contribution in [-0.2, 0) is 0 Å². The molecule has 0 nitrogen and oxygen atoms in total. The summed E-state index contributed by atoms with van der Waals surface area (Å²) in [4.78, 5) is 0. The van der Waals surface area contributed by atoms with Crippen LogP contribution in [-0.4, -0.2) is 21.3 Å². The zero-order valence-electron chi connectivity index (χ0n) is 7.67. The number of hydrogen-bond donors (Lipinski definition) is 0. The molecule has 0 unspecified atom stereocenters. The summed E-state index contributed by atoms with van der Waals surface area (Å²) in [6.07, 6.45) is 5.09. The van der Waals surface area contributed by atoms with Crippen molar-refractivity contribution in [3.8, 4) is 0 Å². The van der Waals surface area contributed by atoms with Gasteiger partial charge in [-0.1, -0.05) is 63.7 Å². The minimum atomic E-state index is 0.514. The van der Waals surface area contributed by atoms with Crippen molar-refractivity contribution in [2.75, 3.05) is 21.3 Å². The molecule has 0 bridgehead atoms. The van der Waals surface area contributed by atoms with E-state index in [4.69, 9.17) is 0 Å². The van der Waals surface area contributed by atoms with E-state index in [0.717, 1.165) is 21.3 Å². The Morgan fingerprint density at radius 3 is 0.923 bits per heavy atom. The van der Waals surface area contributed by atoms with E-state index in [-0.39, 0.29) is 0 Å². The van der Waals surface area contributed by atoms with Crippen LogP contribution in [0, 0.1) is 5.41 Å². The van der Waals surface area contributed by atoms with E-state index in [1.165, 1.54) is 25.7 Å². The first-order valence-corrected chi connectivity index (χ1v) is 8.97. The lowest BCUT2D eigenvalue weighted by Gasteiger charge is -2.32. The van der Waals surface area contributed by atoms with Crippen LogP contribution in [0.15, 0.2) is 0 Å². The lowest BCUT2D eigenvalue weighted by molar-refractivity contribution is 0.252. The van der Waals surface area contributed by atoms with Crippen molar-refractivity contribution < 1.29 is 0 Å². The summed E-state index contributed by atoms with van der Waals surface area (Å²) in [5.41, 5.74) is 0.514. The highest BCUT2D eigenvalue weighted by atomic mass is 79.9. The normalized spacial score (nSPS) is 12.0. The van der Waals surface area contributed by atoms with Crippen LogP contribution in [0.3, 0.4) is 0 Å². The number of hydrogen-bond acceptors (Lipinski definition) is 0. The van der Waals surface area contributed by atoms with Crippen molar-refractivity contribution in [1.82, 2.24) is 0 Å². The van der Waals surface area contributed by atoms with Gasteiger partial charge in [-0.2, -0.15) is 0 Å². The van der Waals surface area contributed by atoms with E-state index in [1.54, 1.807) is 0 Å². The average molecular weight is 444 g/mol. The molecular weight excluding hydrogens is 428 g/mol. The Kier molecular flexibility index (Phi) is 10.5. The van der Waals surface area contributed by atoms with Gasteiger partial charge >= 0.3 is 0 Å². The zero-order chi connectivity index (χ0) is 10.2. The van der Waals surface area contributed by atoms with Gasteiger partial charge in [0.25, 0.3) is 0 Å². The smallest absolute Gasteiger partial charge is 0.00366 e. The molecule has 0 atom stereocenters. The fourth-order valence-electron chi connectivity index (χ4n) is 1.55. The Labute approximate surface area is 115 Å². The zero-order valence-corrected chi connectivity index (χ0v) is 14.0. The minimum absolute atomic E-state index is 0.514. The van der Waals surface area contributed by atoms with Crippen molar-refractivity contribution in [1.29, 1.82) is 0 Å². The van der Waals surface area contributed by atoms with Gasteiger partial charge in [-0.25, -0.2) is 0 Å². The lowest BCUT2D eigenvalue weighted by Crippen LogP contribution is -2.23. The molecule has 0 aromatic rings. The molecule has 0 heterocycles. The van der Waals surface area contributed by atoms with E-state index in [9.17, 15) is 0 Å². The minimum Gasteiger partial charge on any atom is -0.0928 e. The monoisotopic (exact) mass is 440 g/mol. The lowest BCUT2D eigenvalue weighted by atomic mass is 9.77. The molecule has 80 valence electrons. The quantitative estimate of drug-likeness (QED) is 0.457. The maximum Gasteiger partial charge on any atom is 0.00366 e. The summed E-state index contributed by atoms with van der Waals surface area (Å²) in [5.74, 6) is 0. The van der Waals surface area contributed by atoms with Gasteiger partial charge in [-0.15, -0.1) is 0 Å². The molecule has 0 aliphatic carbocycles. The molecule has 0 spiro atoms. The molecule has 0 N–H and O–H groups in total. The van der Waals surface area contributed by atoms with E-state index in [2.05, 4.69) is 63.7 Å². The number of halogens is 4. The summed E-state index contributed by atoms with van der Waals surface area (Å²) >= 11 is 14.2. The van der Waals surface area contributed by atoms with Crippen molar-refractivity contribution in [3.63, 3.8) is 0 Å². The Hall–Kier alpha value is 1.92. The highest BCUT2D eigenvalue weighted by Crippen LogP contribution is 2.37. The molecule has 0 aromatic heterocycles. The summed E-state index contributed by atoms with van der Waals surface area (Å²) in [7, 11) is 0. The molecule has 0 aliphatic rings. The first-order valence-electron chi connectivity index (χ1n) is 4.48. The fraction of sp³-hybridized carbons (Fsp3) is 1.00. The molecule has 13 heavy (non-hydrogen) atoms. The van der Waals surface area contributed by atoms with Gasteiger partial charge in [0.05, 0.1) is 0 Å². The van der Waals surface area contributed by atoms with Gasteiger partial charge in [-0.3, -0.25) is 0 Å². The summed E-state index contributed by atoms with van der Waals surface area (Å²) in [5, 5.41) is 4.44. The van der Waals surface area contributed by atoms with Gasteiger partial charge < -0.3 is 0 Å². The van der Waals surface area contributed by atoms with E-state index in [1.807, 2.05) is 0 Å². The van der Waals surface area contributed by atoms with Gasteiger partial charge in [0.2, 0.25) is 0 Å². The van der Waals surface area contributed by atoms with E-state index in [0.29, 0.717) is 5.41 Å². The topological polar surface area (TPSA) is 0 Å². The van der Waals surface area contributed by atoms with E-state index < -0.39 is 0 Å². The predicted molar refractivity (Wildman–Crippen MR) is 76.1 cm³/mol. The van der Waals surface area contributed by atoms with Crippen molar-refractivity contribution >= 4 is 63.7 Å². The van der Waals surface area contributed by atoms with Gasteiger partial charge in [0.15, 0.2) is 0 Å². The van der Waals surface area contributed by atoms with Crippen molar-refractivity contribution in [3.05, 3.63) is 0 Å². The highest BCUT2D eigenvalue weighted by molar-refractivity contribution is 9.09. The Bertz CT molecular complexity index is 86.7.